The number of ether oxygens (including phenoxy) is 1. The highest BCUT2D eigenvalue weighted by Crippen LogP contribution is 2.24. The van der Waals surface area contributed by atoms with E-state index in [0.717, 1.165) is 10.7 Å². The number of aromatic nitrogens is 5. The minimum absolute atomic E-state index is 0.470. The highest BCUT2D eigenvalue weighted by atomic mass is 35.5. The zero-order valence-electron chi connectivity index (χ0n) is 12.3. The average Bonchev–Trinajstić information content (AvgIpc) is 3.21. The van der Waals surface area contributed by atoms with Crippen molar-refractivity contribution in [1.29, 1.82) is 0 Å². The normalized spacial score (nSPS) is 11.0. The lowest BCUT2D eigenvalue weighted by Gasteiger charge is -2.03. The second-order valence-electron chi connectivity index (χ2n) is 4.60. The number of hydrogen-bond acceptors (Lipinski definition) is 7. The Kier molecular flexibility index (Phi) is 5.27. The van der Waals surface area contributed by atoms with Gasteiger partial charge in [-0.15, -0.1) is 20.4 Å². The molecule has 0 aliphatic heterocycles. The van der Waals surface area contributed by atoms with E-state index in [4.69, 9.17) is 20.8 Å². The molecule has 120 valence electrons. The summed E-state index contributed by atoms with van der Waals surface area (Å²) >= 11 is 7.35. The SMILES string of the molecule is COCCn1cnnc1SCc1nnc(-c2ccc(Cl)cc2)o1. The summed E-state index contributed by atoms with van der Waals surface area (Å²) in [6, 6.07) is 7.25. The molecule has 0 bridgehead atoms. The predicted molar refractivity (Wildman–Crippen MR) is 86.2 cm³/mol. The number of thioether (sulfide) groups is 1. The topological polar surface area (TPSA) is 78.9 Å². The molecular weight excluding hydrogens is 338 g/mol. The molecule has 23 heavy (non-hydrogen) atoms. The maximum absolute atomic E-state index is 5.87. The first-order valence-electron chi connectivity index (χ1n) is 6.84. The van der Waals surface area contributed by atoms with Crippen LogP contribution in [0.2, 0.25) is 5.02 Å². The van der Waals surface area contributed by atoms with Gasteiger partial charge in [0.15, 0.2) is 5.16 Å². The third kappa shape index (κ3) is 4.10. The number of methoxy groups -OCH3 is 1. The standard InChI is InChI=1S/C14H14ClN5O2S/c1-21-7-6-20-9-16-19-14(20)23-8-12-17-18-13(22-12)10-2-4-11(15)5-3-10/h2-5,9H,6-8H2,1H3. The molecule has 0 atom stereocenters. The zero-order chi connectivity index (χ0) is 16.1. The van der Waals surface area contributed by atoms with E-state index < -0.39 is 0 Å². The Hall–Kier alpha value is -1.90. The van der Waals surface area contributed by atoms with Crippen molar-refractivity contribution in [3.05, 3.63) is 41.5 Å². The molecule has 0 saturated heterocycles. The van der Waals surface area contributed by atoms with Crippen molar-refractivity contribution in [2.75, 3.05) is 13.7 Å². The number of halogens is 1. The second kappa shape index (κ2) is 7.58. The van der Waals surface area contributed by atoms with E-state index in [0.29, 0.717) is 35.7 Å². The Morgan fingerprint density at radius 1 is 1.22 bits per heavy atom. The summed E-state index contributed by atoms with van der Waals surface area (Å²) in [6.07, 6.45) is 1.67. The molecule has 0 radical (unpaired) electrons. The highest BCUT2D eigenvalue weighted by molar-refractivity contribution is 7.98. The fourth-order valence-corrected chi connectivity index (χ4v) is 2.75. The quantitative estimate of drug-likeness (QED) is 0.605. The van der Waals surface area contributed by atoms with Crippen LogP contribution in [-0.2, 0) is 17.0 Å². The Labute approximate surface area is 142 Å². The van der Waals surface area contributed by atoms with Crippen molar-refractivity contribution in [3.63, 3.8) is 0 Å². The maximum Gasteiger partial charge on any atom is 0.247 e. The van der Waals surface area contributed by atoms with Crippen LogP contribution >= 0.6 is 23.4 Å². The van der Waals surface area contributed by atoms with Crippen LogP contribution in [0.3, 0.4) is 0 Å². The summed E-state index contributed by atoms with van der Waals surface area (Å²) in [7, 11) is 1.66. The zero-order valence-corrected chi connectivity index (χ0v) is 13.9. The monoisotopic (exact) mass is 351 g/mol. The van der Waals surface area contributed by atoms with Crippen molar-refractivity contribution in [2.45, 2.75) is 17.5 Å². The van der Waals surface area contributed by atoms with Crippen LogP contribution < -0.4 is 0 Å². The van der Waals surface area contributed by atoms with E-state index in [1.54, 1.807) is 25.6 Å². The van der Waals surface area contributed by atoms with Crippen molar-refractivity contribution in [2.24, 2.45) is 0 Å². The summed E-state index contributed by atoms with van der Waals surface area (Å²) in [5.41, 5.74) is 0.835. The summed E-state index contributed by atoms with van der Waals surface area (Å²) in [6.45, 7) is 1.30. The van der Waals surface area contributed by atoms with Crippen LogP contribution in [0.15, 0.2) is 40.2 Å². The molecular formula is C14H14ClN5O2S. The first-order chi connectivity index (χ1) is 11.3. The molecule has 0 aliphatic rings. The second-order valence-corrected chi connectivity index (χ2v) is 5.98. The fraction of sp³-hybridized carbons (Fsp3) is 0.286. The van der Waals surface area contributed by atoms with Crippen LogP contribution in [0.5, 0.6) is 0 Å². The smallest absolute Gasteiger partial charge is 0.247 e. The molecule has 0 aliphatic carbocycles. The third-order valence-electron chi connectivity index (χ3n) is 3.00. The minimum Gasteiger partial charge on any atom is -0.420 e. The minimum atomic E-state index is 0.470. The van der Waals surface area contributed by atoms with Gasteiger partial charge < -0.3 is 13.7 Å². The van der Waals surface area contributed by atoms with Crippen LogP contribution in [0.25, 0.3) is 11.5 Å². The Morgan fingerprint density at radius 2 is 2.04 bits per heavy atom. The molecule has 0 spiro atoms. The highest BCUT2D eigenvalue weighted by Gasteiger charge is 2.11. The molecule has 0 N–H and O–H groups in total. The Balaban J connectivity index is 1.63. The van der Waals surface area contributed by atoms with Crippen molar-refractivity contribution >= 4 is 23.4 Å². The predicted octanol–water partition coefficient (Wildman–Crippen LogP) is 2.92. The lowest BCUT2D eigenvalue weighted by Crippen LogP contribution is -2.04. The van der Waals surface area contributed by atoms with E-state index in [-0.39, 0.29) is 0 Å². The van der Waals surface area contributed by atoms with Gasteiger partial charge in [0.25, 0.3) is 0 Å². The summed E-state index contributed by atoms with van der Waals surface area (Å²) in [5.74, 6) is 1.52. The van der Waals surface area contributed by atoms with E-state index >= 15 is 0 Å². The van der Waals surface area contributed by atoms with Crippen LogP contribution in [0, 0.1) is 0 Å². The van der Waals surface area contributed by atoms with E-state index in [2.05, 4.69) is 20.4 Å². The van der Waals surface area contributed by atoms with Crippen LogP contribution in [0.4, 0.5) is 0 Å². The molecule has 3 aromatic rings. The van der Waals surface area contributed by atoms with Gasteiger partial charge in [0.1, 0.15) is 6.33 Å². The number of rotatable bonds is 7. The summed E-state index contributed by atoms with van der Waals surface area (Å²) < 4.78 is 12.6. The van der Waals surface area contributed by atoms with E-state index in [9.17, 15) is 0 Å². The van der Waals surface area contributed by atoms with Crippen molar-refractivity contribution in [3.8, 4) is 11.5 Å². The number of nitrogens with zero attached hydrogens (tertiary/aromatic N) is 5. The first-order valence-corrected chi connectivity index (χ1v) is 8.20. The van der Waals surface area contributed by atoms with Crippen LogP contribution in [-0.4, -0.2) is 38.7 Å². The fourth-order valence-electron chi connectivity index (χ4n) is 1.85. The largest absolute Gasteiger partial charge is 0.420 e. The summed E-state index contributed by atoms with van der Waals surface area (Å²) in [4.78, 5) is 0. The molecule has 0 saturated carbocycles. The molecule has 7 nitrogen and oxygen atoms in total. The maximum atomic E-state index is 5.87. The van der Waals surface area contributed by atoms with Gasteiger partial charge >= 0.3 is 0 Å². The Bertz CT molecular complexity index is 759. The lowest BCUT2D eigenvalue weighted by molar-refractivity contribution is 0.184. The average molecular weight is 352 g/mol. The van der Waals surface area contributed by atoms with Gasteiger partial charge in [0, 0.05) is 24.2 Å². The van der Waals surface area contributed by atoms with Gasteiger partial charge in [0.2, 0.25) is 11.8 Å². The summed E-state index contributed by atoms with van der Waals surface area (Å²) in [5, 5.41) is 17.5. The van der Waals surface area contributed by atoms with E-state index in [1.165, 1.54) is 11.8 Å². The van der Waals surface area contributed by atoms with Crippen molar-refractivity contribution < 1.29 is 9.15 Å². The first kappa shape index (κ1) is 16.0. The van der Waals surface area contributed by atoms with Gasteiger partial charge in [-0.3, -0.25) is 0 Å². The van der Waals surface area contributed by atoms with Gasteiger partial charge in [-0.05, 0) is 24.3 Å². The van der Waals surface area contributed by atoms with Gasteiger partial charge in [-0.1, -0.05) is 23.4 Å². The van der Waals surface area contributed by atoms with Crippen molar-refractivity contribution in [1.82, 2.24) is 25.0 Å². The van der Waals surface area contributed by atoms with Gasteiger partial charge in [-0.25, -0.2) is 0 Å². The van der Waals surface area contributed by atoms with Gasteiger partial charge in [0.05, 0.1) is 12.4 Å². The lowest BCUT2D eigenvalue weighted by atomic mass is 10.2. The third-order valence-corrected chi connectivity index (χ3v) is 4.22. The molecule has 2 aromatic heterocycles. The molecule has 2 heterocycles. The van der Waals surface area contributed by atoms with E-state index in [1.807, 2.05) is 16.7 Å². The Morgan fingerprint density at radius 3 is 2.83 bits per heavy atom. The number of hydrogen-bond donors (Lipinski definition) is 0. The molecule has 1 aromatic carbocycles. The molecule has 0 unspecified atom stereocenters. The molecule has 9 heteroatoms. The van der Waals surface area contributed by atoms with Crippen LogP contribution in [0.1, 0.15) is 5.89 Å². The molecule has 3 rings (SSSR count). The van der Waals surface area contributed by atoms with Gasteiger partial charge in [-0.2, -0.15) is 0 Å². The number of benzene rings is 1. The molecule has 0 fully saturated rings. The molecule has 0 amide bonds.